The fourth-order valence-corrected chi connectivity index (χ4v) is 12.2. The summed E-state index contributed by atoms with van der Waals surface area (Å²) >= 11 is 2.58. The van der Waals surface area contributed by atoms with Crippen molar-refractivity contribution in [1.82, 2.24) is 23.1 Å². The minimum absolute atomic E-state index is 0.00462. The molecule has 368 valence electrons. The van der Waals surface area contributed by atoms with Crippen molar-refractivity contribution in [3.63, 3.8) is 0 Å². The first kappa shape index (κ1) is 46.5. The fourth-order valence-electron chi connectivity index (χ4n) is 11.1. The van der Waals surface area contributed by atoms with Crippen molar-refractivity contribution in [3.8, 4) is 50.9 Å². The molecule has 4 aromatic heterocycles. The Balaban J connectivity index is 1.12. The Kier molecular flexibility index (Phi) is 11.1. The average molecular weight is 1150 g/mol. The van der Waals surface area contributed by atoms with E-state index in [1.807, 2.05) is 6.20 Å². The van der Waals surface area contributed by atoms with Gasteiger partial charge in [0, 0.05) is 6.20 Å². The number of imidazole rings is 1. The van der Waals surface area contributed by atoms with Gasteiger partial charge in [-0.15, -0.1) is 0 Å². The Bertz CT molecular complexity index is 4410. The molecule has 9 aromatic carbocycles. The van der Waals surface area contributed by atoms with Gasteiger partial charge in [0.2, 0.25) is 0 Å². The molecule has 0 saturated carbocycles. The molecule has 13 aromatic rings. The summed E-state index contributed by atoms with van der Waals surface area (Å²) in [4.78, 5) is 4.97. The summed E-state index contributed by atoms with van der Waals surface area (Å²) in [5, 5.41) is 4.58. The van der Waals surface area contributed by atoms with Crippen LogP contribution in [0.4, 0.5) is 0 Å². The Morgan fingerprint density at radius 1 is 0.400 bits per heavy atom. The number of fused-ring (bicyclic) bond motifs is 7. The van der Waals surface area contributed by atoms with Gasteiger partial charge in [0.15, 0.2) is 0 Å². The maximum atomic E-state index is 7.15. The second-order valence-electron chi connectivity index (χ2n) is 21.6. The summed E-state index contributed by atoms with van der Waals surface area (Å²) in [6, 6.07) is 79.0. The number of hydrogen-bond donors (Lipinski definition) is 0. The molecule has 0 fully saturated rings. The van der Waals surface area contributed by atoms with Gasteiger partial charge in [-0.2, -0.15) is 0 Å². The van der Waals surface area contributed by atoms with E-state index in [9.17, 15) is 0 Å². The summed E-state index contributed by atoms with van der Waals surface area (Å²) in [6.45, 7) is 13.6. The molecule has 0 atom stereocenters. The van der Waals surface area contributed by atoms with Gasteiger partial charge in [-0.05, 0) is 17.0 Å². The number of pyridine rings is 1. The fraction of sp³-hybridized carbons (Fsp3) is 0.118. The molecule has 0 spiro atoms. The van der Waals surface area contributed by atoms with Gasteiger partial charge in [0.05, 0.1) is 0 Å². The molecule has 0 radical (unpaired) electrons. The quantitative estimate of drug-likeness (QED) is 0.160. The molecule has 0 bridgehead atoms. The molecule has 0 amide bonds. The van der Waals surface area contributed by atoms with Crippen molar-refractivity contribution in [2.45, 2.75) is 52.4 Å². The van der Waals surface area contributed by atoms with Gasteiger partial charge in [-0.1, -0.05) is 32.9 Å². The number of ether oxygens (including phenoxy) is 1. The second-order valence-corrected chi connectivity index (χ2v) is 22.6. The van der Waals surface area contributed by atoms with E-state index in [0.717, 1.165) is 110 Å². The van der Waals surface area contributed by atoms with Crippen LogP contribution in [0.25, 0.3) is 99.6 Å². The standard InChI is InChI=1S/C68H55N5O.Pt/c1-67(2,3)47-31-33-49(34-32-47)72-58-28-15-14-24-55(58)57-27-18-30-61-66(57)71(44-70(61)65-52(45-19-9-7-10-20-45)25-17-26-53(65)46-21-11-8-12-22-46)63-43-51(36-38-60(63)72)74-50-35-37-56-54-23-13-16-29-59(54)73(62(56)42-50)64-41-48(39-40-69-64)68(4,5)6;/h7-43H,1-6H3;. The molecule has 0 N–H and O–H groups in total. The number of para-hydroxylation sites is 4. The summed E-state index contributed by atoms with van der Waals surface area (Å²) in [5.41, 5.74) is 16.7. The molecule has 75 heavy (non-hydrogen) atoms. The van der Waals surface area contributed by atoms with Gasteiger partial charge < -0.3 is 0 Å². The summed E-state index contributed by atoms with van der Waals surface area (Å²) in [7, 11) is 0. The van der Waals surface area contributed by atoms with Crippen LogP contribution in [0.2, 0.25) is 0 Å². The van der Waals surface area contributed by atoms with Crippen LogP contribution in [0.15, 0.2) is 225 Å². The van der Waals surface area contributed by atoms with Gasteiger partial charge in [-0.25, -0.2) is 0 Å². The SMILES string of the molecule is CC(C)(C)c1ccc(-n2c3ccccc3c3cccc4c3n([c](=[Pt])n4-c3c(-c4ccccc4)cccc3-c3ccccc3)c3cc(Oc4ccc5c6ccccc6n(-c6cc(C(C)(C)C)ccn6)c5c4)ccc32)cc1. The van der Waals surface area contributed by atoms with Crippen molar-refractivity contribution in [3.05, 3.63) is 240 Å². The third-order valence-corrected chi connectivity index (χ3v) is 15.8. The van der Waals surface area contributed by atoms with Crippen molar-refractivity contribution in [2.24, 2.45) is 0 Å². The van der Waals surface area contributed by atoms with E-state index in [1.54, 1.807) is 0 Å². The van der Waals surface area contributed by atoms with E-state index in [0.29, 0.717) is 0 Å². The van der Waals surface area contributed by atoms with E-state index in [2.05, 4.69) is 297 Å². The van der Waals surface area contributed by atoms with Crippen LogP contribution >= 0.6 is 0 Å². The molecule has 0 aliphatic rings. The number of hydrogen-bond acceptors (Lipinski definition) is 2. The van der Waals surface area contributed by atoms with Crippen molar-refractivity contribution < 1.29 is 24.1 Å². The van der Waals surface area contributed by atoms with Gasteiger partial charge in [0.1, 0.15) is 0 Å². The van der Waals surface area contributed by atoms with Gasteiger partial charge >= 0.3 is 394 Å². The van der Waals surface area contributed by atoms with Crippen molar-refractivity contribution in [2.75, 3.05) is 0 Å². The first-order valence-electron chi connectivity index (χ1n) is 25.7. The summed E-state index contributed by atoms with van der Waals surface area (Å²) in [5.74, 6) is 2.33. The van der Waals surface area contributed by atoms with Gasteiger partial charge in [0.25, 0.3) is 0 Å². The molecule has 0 aliphatic heterocycles. The van der Waals surface area contributed by atoms with Gasteiger partial charge in [-0.3, -0.25) is 0 Å². The first-order valence-corrected chi connectivity index (χ1v) is 26.8. The molecule has 0 aliphatic carbocycles. The Hall–Kier alpha value is -8.31. The van der Waals surface area contributed by atoms with Crippen LogP contribution in [0, 0.1) is 3.80 Å². The molecule has 7 heteroatoms. The zero-order chi connectivity index (χ0) is 51.2. The number of nitrogens with zero attached hydrogens (tertiary/aromatic N) is 5. The monoisotopic (exact) mass is 1150 g/mol. The number of rotatable bonds is 7. The van der Waals surface area contributed by atoms with E-state index in [4.69, 9.17) is 9.72 Å². The normalized spacial score (nSPS) is 12.2. The maximum absolute atomic E-state index is 7.15. The topological polar surface area (TPSA) is 41.3 Å². The summed E-state index contributed by atoms with van der Waals surface area (Å²) < 4.78 is 17.8. The van der Waals surface area contributed by atoms with Crippen molar-refractivity contribution in [1.29, 1.82) is 0 Å². The van der Waals surface area contributed by atoms with Crippen LogP contribution in [0.1, 0.15) is 52.7 Å². The molecule has 0 unspecified atom stereocenters. The Morgan fingerprint density at radius 2 is 0.933 bits per heavy atom. The minimum atomic E-state index is -0.0407. The second kappa shape index (κ2) is 18.0. The van der Waals surface area contributed by atoms with E-state index >= 15 is 0 Å². The first-order chi connectivity index (χ1) is 36.4. The predicted octanol–water partition coefficient (Wildman–Crippen LogP) is 17.8. The van der Waals surface area contributed by atoms with E-state index in [1.165, 1.54) is 16.5 Å². The zero-order valence-corrected chi connectivity index (χ0v) is 45.1. The molecular formula is C68H55N5OPt. The number of aromatic nitrogens is 5. The third-order valence-electron chi connectivity index (χ3n) is 14.8. The molecule has 6 nitrogen and oxygen atoms in total. The molecule has 0 saturated heterocycles. The zero-order valence-electron chi connectivity index (χ0n) is 42.8. The van der Waals surface area contributed by atoms with Crippen LogP contribution in [0.5, 0.6) is 11.5 Å². The molecule has 4 heterocycles. The van der Waals surface area contributed by atoms with Crippen LogP contribution in [-0.2, 0) is 30.2 Å². The van der Waals surface area contributed by atoms with Crippen LogP contribution in [-0.4, -0.2) is 23.1 Å². The molecular weight excluding hydrogens is 1100 g/mol. The Labute approximate surface area is 447 Å². The number of benzene rings is 9. The Morgan fingerprint density at radius 3 is 1.59 bits per heavy atom. The third kappa shape index (κ3) is 7.90. The molecule has 13 rings (SSSR count). The van der Waals surface area contributed by atoms with E-state index < -0.39 is 0 Å². The average Bonchev–Trinajstić information content (AvgIpc) is 4.07. The van der Waals surface area contributed by atoms with Crippen molar-refractivity contribution >= 4 is 60.2 Å². The van der Waals surface area contributed by atoms with Crippen LogP contribution < -0.4 is 4.74 Å². The predicted molar refractivity (Wildman–Crippen MR) is 308 cm³/mol. The summed E-state index contributed by atoms with van der Waals surface area (Å²) in [6.07, 6.45) is 1.93. The van der Waals surface area contributed by atoms with Crippen LogP contribution in [0.3, 0.4) is 0 Å². The van der Waals surface area contributed by atoms with E-state index in [-0.39, 0.29) is 10.8 Å².